The van der Waals surface area contributed by atoms with Crippen LogP contribution in [0.1, 0.15) is 36.8 Å². The highest BCUT2D eigenvalue weighted by molar-refractivity contribution is 7.98. The molecule has 90 valence electrons. The first-order valence-corrected chi connectivity index (χ1v) is 7.42. The maximum Gasteiger partial charge on any atom is 0.223 e. The molecular weight excluding hydrogens is 230 g/mol. The van der Waals surface area contributed by atoms with Crippen LogP contribution in [0, 0.1) is 0 Å². The lowest BCUT2D eigenvalue weighted by Gasteiger charge is -2.22. The summed E-state index contributed by atoms with van der Waals surface area (Å²) in [6.45, 7) is 2.57. The van der Waals surface area contributed by atoms with Gasteiger partial charge in [-0.15, -0.1) is 11.8 Å². The molecule has 0 saturated carbocycles. The van der Waals surface area contributed by atoms with Gasteiger partial charge in [0.1, 0.15) is 0 Å². The molecule has 1 aromatic rings. The lowest BCUT2D eigenvalue weighted by molar-refractivity contribution is -0.116. The van der Waals surface area contributed by atoms with Crippen LogP contribution in [0.3, 0.4) is 0 Å². The first-order chi connectivity index (χ1) is 8.22. The van der Waals surface area contributed by atoms with Crippen molar-refractivity contribution in [2.24, 2.45) is 0 Å². The zero-order valence-electron chi connectivity index (χ0n) is 10.3. The molecule has 17 heavy (non-hydrogen) atoms. The van der Waals surface area contributed by atoms with Gasteiger partial charge in [0, 0.05) is 30.0 Å². The standard InChI is InChI=1S/C14H17NOS/c1-9(16)15-8-10-4-3-5-11-13(17-2)7-6-12(15)14(10)11/h6-7,10H,3-5,8H2,1-2H3. The van der Waals surface area contributed by atoms with Crippen LogP contribution in [-0.4, -0.2) is 18.7 Å². The van der Waals surface area contributed by atoms with Gasteiger partial charge in [-0.25, -0.2) is 0 Å². The summed E-state index contributed by atoms with van der Waals surface area (Å²) in [5.74, 6) is 0.767. The van der Waals surface area contributed by atoms with Crippen molar-refractivity contribution in [2.75, 3.05) is 17.7 Å². The van der Waals surface area contributed by atoms with Gasteiger partial charge in [0.2, 0.25) is 5.91 Å². The molecule has 0 fully saturated rings. The summed E-state index contributed by atoms with van der Waals surface area (Å²) in [5.41, 5.74) is 4.16. The van der Waals surface area contributed by atoms with E-state index in [9.17, 15) is 4.79 Å². The van der Waals surface area contributed by atoms with E-state index >= 15 is 0 Å². The van der Waals surface area contributed by atoms with Crippen molar-refractivity contribution in [3.05, 3.63) is 23.3 Å². The molecule has 3 heteroatoms. The minimum Gasteiger partial charge on any atom is -0.312 e. The Hall–Kier alpha value is -0.960. The van der Waals surface area contributed by atoms with Crippen LogP contribution in [0.2, 0.25) is 0 Å². The molecular formula is C14H17NOS. The molecule has 1 aliphatic heterocycles. The van der Waals surface area contributed by atoms with Gasteiger partial charge in [0.15, 0.2) is 0 Å². The minimum absolute atomic E-state index is 0.179. The second-order valence-corrected chi connectivity index (χ2v) is 5.75. The first-order valence-electron chi connectivity index (χ1n) is 6.20. The third-order valence-electron chi connectivity index (χ3n) is 3.97. The maximum atomic E-state index is 11.7. The van der Waals surface area contributed by atoms with Gasteiger partial charge < -0.3 is 4.90 Å². The van der Waals surface area contributed by atoms with Gasteiger partial charge in [-0.1, -0.05) is 0 Å². The quantitative estimate of drug-likeness (QED) is 0.710. The third kappa shape index (κ3) is 1.60. The molecule has 0 radical (unpaired) electrons. The van der Waals surface area contributed by atoms with Gasteiger partial charge in [-0.05, 0) is 48.8 Å². The lowest BCUT2D eigenvalue weighted by Crippen LogP contribution is -2.26. The monoisotopic (exact) mass is 247 g/mol. The van der Waals surface area contributed by atoms with Crippen molar-refractivity contribution in [3.8, 4) is 0 Å². The fourth-order valence-corrected chi connectivity index (χ4v) is 3.90. The molecule has 0 N–H and O–H groups in total. The second kappa shape index (κ2) is 4.05. The summed E-state index contributed by atoms with van der Waals surface area (Å²) >= 11 is 1.83. The number of hydrogen-bond acceptors (Lipinski definition) is 2. The molecule has 2 nitrogen and oxygen atoms in total. The molecule has 1 aliphatic carbocycles. The molecule has 0 bridgehead atoms. The van der Waals surface area contributed by atoms with E-state index in [-0.39, 0.29) is 5.91 Å². The van der Waals surface area contributed by atoms with Gasteiger partial charge in [0.25, 0.3) is 0 Å². The molecule has 1 aromatic carbocycles. The highest BCUT2D eigenvalue weighted by Gasteiger charge is 2.35. The average Bonchev–Trinajstić information content (AvgIpc) is 2.71. The lowest BCUT2D eigenvalue weighted by atomic mass is 9.84. The van der Waals surface area contributed by atoms with Gasteiger partial charge in [-0.3, -0.25) is 4.79 Å². The average molecular weight is 247 g/mol. The fraction of sp³-hybridized carbons (Fsp3) is 0.500. The summed E-state index contributed by atoms with van der Waals surface area (Å²) in [4.78, 5) is 15.0. The number of amides is 1. The highest BCUT2D eigenvalue weighted by atomic mass is 32.2. The number of carbonyl (C=O) groups is 1. The number of rotatable bonds is 1. The predicted octanol–water partition coefficient (Wildman–Crippen LogP) is 3.19. The Bertz CT molecular complexity index is 483. The normalized spacial score (nSPS) is 21.5. The van der Waals surface area contributed by atoms with Crippen molar-refractivity contribution in [3.63, 3.8) is 0 Å². The second-order valence-electron chi connectivity index (χ2n) is 4.90. The number of carbonyl (C=O) groups excluding carboxylic acids is 1. The smallest absolute Gasteiger partial charge is 0.223 e. The van der Waals surface area contributed by atoms with Crippen molar-refractivity contribution >= 4 is 23.4 Å². The van der Waals surface area contributed by atoms with E-state index in [1.54, 1.807) is 6.92 Å². The number of benzene rings is 1. The molecule has 0 spiro atoms. The van der Waals surface area contributed by atoms with Crippen LogP contribution < -0.4 is 4.90 Å². The topological polar surface area (TPSA) is 20.3 Å². The van der Waals surface area contributed by atoms with E-state index in [4.69, 9.17) is 0 Å². The zero-order chi connectivity index (χ0) is 12.0. The van der Waals surface area contributed by atoms with E-state index in [2.05, 4.69) is 18.4 Å². The summed E-state index contributed by atoms with van der Waals surface area (Å²) < 4.78 is 0. The third-order valence-corrected chi connectivity index (χ3v) is 4.79. The van der Waals surface area contributed by atoms with Crippen molar-refractivity contribution in [2.45, 2.75) is 37.0 Å². The number of anilines is 1. The summed E-state index contributed by atoms with van der Waals surface area (Å²) in [6, 6.07) is 4.32. The van der Waals surface area contributed by atoms with Crippen LogP contribution in [0.4, 0.5) is 5.69 Å². The molecule has 1 unspecified atom stereocenters. The summed E-state index contributed by atoms with van der Waals surface area (Å²) in [5, 5.41) is 0. The Kier molecular flexibility index (Phi) is 2.66. The van der Waals surface area contributed by atoms with Crippen LogP contribution in [-0.2, 0) is 11.2 Å². The Morgan fingerprint density at radius 1 is 1.47 bits per heavy atom. The Balaban J connectivity index is 2.17. The highest BCUT2D eigenvalue weighted by Crippen LogP contribution is 2.47. The molecule has 2 aliphatic rings. The zero-order valence-corrected chi connectivity index (χ0v) is 11.1. The Morgan fingerprint density at radius 2 is 2.29 bits per heavy atom. The Labute approximate surface area is 106 Å². The molecule has 0 saturated heterocycles. The maximum absolute atomic E-state index is 11.7. The van der Waals surface area contributed by atoms with Crippen LogP contribution in [0.25, 0.3) is 0 Å². The minimum atomic E-state index is 0.179. The largest absolute Gasteiger partial charge is 0.312 e. The summed E-state index contributed by atoms with van der Waals surface area (Å²) in [7, 11) is 0. The van der Waals surface area contributed by atoms with E-state index in [0.29, 0.717) is 5.92 Å². The molecule has 1 heterocycles. The molecule has 1 atom stereocenters. The van der Waals surface area contributed by atoms with Crippen LogP contribution >= 0.6 is 11.8 Å². The Morgan fingerprint density at radius 3 is 3.00 bits per heavy atom. The number of thioether (sulfide) groups is 1. The fourth-order valence-electron chi connectivity index (χ4n) is 3.24. The van der Waals surface area contributed by atoms with E-state index in [1.165, 1.54) is 41.0 Å². The first kappa shape index (κ1) is 11.1. The van der Waals surface area contributed by atoms with Crippen molar-refractivity contribution in [1.29, 1.82) is 0 Å². The van der Waals surface area contributed by atoms with Crippen molar-refractivity contribution < 1.29 is 4.79 Å². The van der Waals surface area contributed by atoms with Gasteiger partial charge in [0.05, 0.1) is 0 Å². The number of hydrogen-bond donors (Lipinski definition) is 0. The molecule has 1 amide bonds. The van der Waals surface area contributed by atoms with E-state index < -0.39 is 0 Å². The van der Waals surface area contributed by atoms with Crippen LogP contribution in [0.5, 0.6) is 0 Å². The predicted molar refractivity (Wildman–Crippen MR) is 71.9 cm³/mol. The SMILES string of the molecule is CSc1ccc2c3c1CCCC3CN2C(C)=O. The van der Waals surface area contributed by atoms with Gasteiger partial charge >= 0.3 is 0 Å². The molecule has 3 rings (SSSR count). The molecule has 0 aromatic heterocycles. The van der Waals surface area contributed by atoms with Gasteiger partial charge in [-0.2, -0.15) is 0 Å². The van der Waals surface area contributed by atoms with E-state index in [0.717, 1.165) is 6.54 Å². The summed E-state index contributed by atoms with van der Waals surface area (Å²) in [6.07, 6.45) is 5.82. The van der Waals surface area contributed by atoms with Crippen LogP contribution in [0.15, 0.2) is 17.0 Å². The van der Waals surface area contributed by atoms with Crippen molar-refractivity contribution in [1.82, 2.24) is 0 Å². The van der Waals surface area contributed by atoms with E-state index in [1.807, 2.05) is 16.7 Å². The number of nitrogens with zero attached hydrogens (tertiary/aromatic N) is 1.